The number of ether oxygens (including phenoxy) is 1. The van der Waals surface area contributed by atoms with Gasteiger partial charge in [0.2, 0.25) is 0 Å². The van der Waals surface area contributed by atoms with Crippen LogP contribution in [0.5, 0.6) is 0 Å². The van der Waals surface area contributed by atoms with Gasteiger partial charge in [-0.05, 0) is 11.1 Å². The third-order valence-corrected chi connectivity index (χ3v) is 2.95. The zero-order valence-corrected chi connectivity index (χ0v) is 14.4. The molecule has 0 aliphatic rings. The maximum absolute atomic E-state index is 10.6. The van der Waals surface area contributed by atoms with Crippen LogP contribution in [0.25, 0.3) is 20.9 Å². The summed E-state index contributed by atoms with van der Waals surface area (Å²) >= 11 is 0. The molecule has 0 heterocycles. The number of likely N-dealkylation sites (N-methyl/N-ethyl adjacent to an activating group) is 1. The van der Waals surface area contributed by atoms with Crippen LogP contribution in [0, 0.1) is 0 Å². The van der Waals surface area contributed by atoms with Gasteiger partial charge in [-0.2, -0.15) is 0 Å². The maximum atomic E-state index is 10.6. The maximum Gasteiger partial charge on any atom is 1.00 e. The molecule has 2 unspecified atom stereocenters. The summed E-state index contributed by atoms with van der Waals surface area (Å²) in [4.78, 5) is 5.03. The molecule has 14 heteroatoms. The molecule has 0 spiro atoms. The van der Waals surface area contributed by atoms with Crippen LogP contribution >= 0.6 is 0 Å². The Balaban J connectivity index is 0. The molecule has 0 aromatic heterocycles. The smallest absolute Gasteiger partial charge is 0.735 e. The van der Waals surface area contributed by atoms with Gasteiger partial charge in [0.05, 0.1) is 25.4 Å². The Morgan fingerprint density at radius 2 is 2.00 bits per heavy atom. The van der Waals surface area contributed by atoms with Gasteiger partial charge in [-0.1, -0.05) is 10.2 Å². The minimum absolute atomic E-state index is 0. The molecule has 0 fully saturated rings. The van der Waals surface area contributed by atoms with Crippen molar-refractivity contribution < 1.29 is 52.4 Å². The standard InChI is InChI=1S/C7H15N7O5S.Na/c1-14(20(16,17)18)3-7(15)5-19-4-6(11-13-9)2-10-12-8;/h6-7,15H,2-5H2,1H3,(H,16,17,18);/q;+1/p-1. The van der Waals surface area contributed by atoms with Crippen LogP contribution in [0.2, 0.25) is 0 Å². The van der Waals surface area contributed by atoms with Gasteiger partial charge in [0.1, 0.15) is 0 Å². The van der Waals surface area contributed by atoms with E-state index >= 15 is 0 Å². The third-order valence-electron chi connectivity index (χ3n) is 2.04. The van der Waals surface area contributed by atoms with Crippen LogP contribution in [-0.2, 0) is 15.0 Å². The molecule has 0 amide bonds. The van der Waals surface area contributed by atoms with Crippen molar-refractivity contribution >= 4 is 10.3 Å². The van der Waals surface area contributed by atoms with E-state index in [0.29, 0.717) is 4.31 Å². The number of aliphatic hydroxyl groups excluding tert-OH is 1. The van der Waals surface area contributed by atoms with Crippen LogP contribution in [0.3, 0.4) is 0 Å². The van der Waals surface area contributed by atoms with Crippen LogP contribution in [0.1, 0.15) is 0 Å². The van der Waals surface area contributed by atoms with Crippen molar-refractivity contribution in [2.75, 3.05) is 33.4 Å². The fourth-order valence-corrected chi connectivity index (χ4v) is 1.46. The summed E-state index contributed by atoms with van der Waals surface area (Å²) in [6, 6.07) is -0.732. The topological polar surface area (TPSA) is 187 Å². The second-order valence-corrected chi connectivity index (χ2v) is 5.18. The fraction of sp³-hybridized carbons (Fsp3) is 1.00. The van der Waals surface area contributed by atoms with Crippen molar-refractivity contribution in [3.63, 3.8) is 0 Å². The Morgan fingerprint density at radius 3 is 2.48 bits per heavy atom. The molecular weight excluding hydrogens is 317 g/mol. The second kappa shape index (κ2) is 12.0. The van der Waals surface area contributed by atoms with Crippen LogP contribution in [-0.4, -0.2) is 67.9 Å². The molecule has 21 heavy (non-hydrogen) atoms. The van der Waals surface area contributed by atoms with E-state index in [0.717, 1.165) is 7.05 Å². The van der Waals surface area contributed by atoms with Gasteiger partial charge in [0.25, 0.3) is 0 Å². The molecule has 0 saturated heterocycles. The van der Waals surface area contributed by atoms with Crippen LogP contribution in [0.4, 0.5) is 0 Å². The predicted octanol–water partition coefficient (Wildman–Crippen LogP) is -3.25. The summed E-state index contributed by atoms with van der Waals surface area (Å²) in [6.45, 7) is -0.915. The van der Waals surface area contributed by atoms with Crippen molar-refractivity contribution in [1.82, 2.24) is 4.31 Å². The van der Waals surface area contributed by atoms with Gasteiger partial charge >= 0.3 is 29.6 Å². The largest absolute Gasteiger partial charge is 1.00 e. The average molecular weight is 331 g/mol. The van der Waals surface area contributed by atoms with Crippen molar-refractivity contribution in [1.29, 1.82) is 0 Å². The molecule has 0 saturated carbocycles. The zero-order chi connectivity index (χ0) is 15.6. The van der Waals surface area contributed by atoms with E-state index in [1.807, 2.05) is 0 Å². The molecule has 0 rings (SSSR count). The summed E-state index contributed by atoms with van der Waals surface area (Å²) in [5.41, 5.74) is 16.4. The van der Waals surface area contributed by atoms with E-state index in [4.69, 9.17) is 15.8 Å². The average Bonchev–Trinajstić information content (AvgIpc) is 2.34. The predicted molar refractivity (Wildman–Crippen MR) is 66.1 cm³/mol. The number of azide groups is 2. The fourth-order valence-electron chi connectivity index (χ4n) is 1.11. The molecule has 0 aromatic rings. The second-order valence-electron chi connectivity index (χ2n) is 3.70. The minimum atomic E-state index is -4.61. The first-order valence-electron chi connectivity index (χ1n) is 5.29. The van der Waals surface area contributed by atoms with Crippen molar-refractivity contribution in [2.24, 2.45) is 10.2 Å². The molecule has 0 aromatic carbocycles. The quantitative estimate of drug-likeness (QED) is 0.144. The monoisotopic (exact) mass is 331 g/mol. The number of hydrogen-bond acceptors (Lipinski definition) is 7. The van der Waals surface area contributed by atoms with E-state index < -0.39 is 29.0 Å². The van der Waals surface area contributed by atoms with E-state index in [9.17, 15) is 18.1 Å². The molecule has 0 radical (unpaired) electrons. The van der Waals surface area contributed by atoms with Gasteiger partial charge in [-0.25, -0.2) is 12.7 Å². The normalized spacial score (nSPS) is 13.5. The summed E-state index contributed by atoms with van der Waals surface area (Å²) in [6.07, 6.45) is -1.21. The number of nitrogens with zero attached hydrogens (tertiary/aromatic N) is 7. The van der Waals surface area contributed by atoms with E-state index in [1.165, 1.54) is 0 Å². The molecule has 1 N–H and O–H groups in total. The van der Waals surface area contributed by atoms with Crippen molar-refractivity contribution in [3.05, 3.63) is 20.9 Å². The van der Waals surface area contributed by atoms with Crippen molar-refractivity contribution in [2.45, 2.75) is 12.1 Å². The molecular formula is C7H14N7NaO5S. The molecule has 0 aliphatic heterocycles. The van der Waals surface area contributed by atoms with Crippen LogP contribution < -0.4 is 29.6 Å². The first-order valence-corrected chi connectivity index (χ1v) is 6.65. The third kappa shape index (κ3) is 11.7. The van der Waals surface area contributed by atoms with E-state index in [-0.39, 0.29) is 49.3 Å². The molecule has 0 aliphatic carbocycles. The summed E-state index contributed by atoms with van der Waals surface area (Å²) in [7, 11) is -3.59. The number of aliphatic hydroxyl groups is 1. The Bertz CT molecular complexity index is 490. The van der Waals surface area contributed by atoms with Gasteiger partial charge in [0.15, 0.2) is 10.3 Å². The minimum Gasteiger partial charge on any atom is -0.735 e. The summed E-state index contributed by atoms with van der Waals surface area (Å²) < 4.78 is 37.1. The van der Waals surface area contributed by atoms with Gasteiger partial charge in [-0.3, -0.25) is 0 Å². The molecule has 2 atom stereocenters. The van der Waals surface area contributed by atoms with Gasteiger partial charge < -0.3 is 14.4 Å². The van der Waals surface area contributed by atoms with E-state index in [2.05, 4.69) is 20.1 Å². The zero-order valence-electron chi connectivity index (χ0n) is 11.6. The Labute approximate surface area is 143 Å². The van der Waals surface area contributed by atoms with E-state index in [1.54, 1.807) is 0 Å². The first-order chi connectivity index (χ1) is 9.31. The van der Waals surface area contributed by atoms with Crippen molar-refractivity contribution in [3.8, 4) is 0 Å². The molecule has 12 nitrogen and oxygen atoms in total. The first kappa shape index (κ1) is 22.7. The molecule has 114 valence electrons. The molecule has 0 bridgehead atoms. The Morgan fingerprint density at radius 1 is 1.38 bits per heavy atom. The Kier molecular flexibility index (Phi) is 13.0. The van der Waals surface area contributed by atoms with Gasteiger partial charge in [0, 0.05) is 30.0 Å². The SMILES string of the molecule is CN(CC(O)COCC(CN=[N+]=[N-])N=[N+]=[N-])S(=O)(=O)[O-].[Na+]. The number of rotatable bonds is 10. The summed E-state index contributed by atoms with van der Waals surface area (Å²) in [5, 5.41) is 16.0. The van der Waals surface area contributed by atoms with Gasteiger partial charge in [-0.15, -0.1) is 0 Å². The van der Waals surface area contributed by atoms with Crippen LogP contribution in [0.15, 0.2) is 10.2 Å². The summed E-state index contributed by atoms with van der Waals surface area (Å²) in [5.74, 6) is 0. The number of hydrogen-bond donors (Lipinski definition) is 1. The Hall–Kier alpha value is -0.590.